The minimum Gasteiger partial charge on any atom is -0.497 e. The van der Waals surface area contributed by atoms with Gasteiger partial charge in [0, 0.05) is 11.6 Å². The molecule has 1 saturated heterocycles. The Balaban J connectivity index is 1.87. The quantitative estimate of drug-likeness (QED) is 0.864. The molecule has 26 heavy (non-hydrogen) atoms. The maximum Gasteiger partial charge on any atom is 0.351 e. The summed E-state index contributed by atoms with van der Waals surface area (Å²) < 4.78 is 33.4. The molecule has 4 nitrogen and oxygen atoms in total. The van der Waals surface area contributed by atoms with Gasteiger partial charge < -0.3 is 14.7 Å². The van der Waals surface area contributed by atoms with Crippen molar-refractivity contribution >= 4 is 17.5 Å². The van der Waals surface area contributed by atoms with Crippen molar-refractivity contribution in [3.05, 3.63) is 64.7 Å². The number of benzene rings is 2. The Morgan fingerprint density at radius 1 is 1.19 bits per heavy atom. The molecule has 1 fully saturated rings. The van der Waals surface area contributed by atoms with Crippen LogP contribution in [0.2, 0.25) is 5.02 Å². The first-order valence-electron chi connectivity index (χ1n) is 8.07. The van der Waals surface area contributed by atoms with E-state index in [0.717, 1.165) is 4.90 Å². The Morgan fingerprint density at radius 3 is 2.50 bits per heavy atom. The van der Waals surface area contributed by atoms with Gasteiger partial charge in [0.1, 0.15) is 11.9 Å². The van der Waals surface area contributed by atoms with E-state index >= 15 is 0 Å². The van der Waals surface area contributed by atoms with Crippen molar-refractivity contribution in [2.75, 3.05) is 7.11 Å². The second-order valence-electron chi connectivity index (χ2n) is 6.25. The van der Waals surface area contributed by atoms with Crippen molar-refractivity contribution in [1.82, 2.24) is 4.90 Å². The van der Waals surface area contributed by atoms with Crippen LogP contribution in [0.25, 0.3) is 0 Å². The Hall–Kier alpha value is -2.18. The number of halogens is 3. The van der Waals surface area contributed by atoms with Crippen LogP contribution in [0.1, 0.15) is 11.1 Å². The topological polar surface area (TPSA) is 49.8 Å². The van der Waals surface area contributed by atoms with Crippen LogP contribution in [-0.2, 0) is 17.8 Å². The molecule has 138 valence electrons. The molecular formula is C19H18ClF2NO3. The van der Waals surface area contributed by atoms with E-state index in [4.69, 9.17) is 16.3 Å². The van der Waals surface area contributed by atoms with Crippen molar-refractivity contribution in [2.24, 2.45) is 0 Å². The third-order valence-electron chi connectivity index (χ3n) is 4.53. The van der Waals surface area contributed by atoms with Gasteiger partial charge in [-0.1, -0.05) is 35.9 Å². The zero-order valence-corrected chi connectivity index (χ0v) is 14.8. The molecule has 1 unspecified atom stereocenters. The van der Waals surface area contributed by atoms with Gasteiger partial charge >= 0.3 is 5.92 Å². The number of ether oxygens (including phenoxy) is 1. The largest absolute Gasteiger partial charge is 0.497 e. The van der Waals surface area contributed by atoms with Gasteiger partial charge in [0.25, 0.3) is 5.91 Å². The molecule has 7 heteroatoms. The Morgan fingerprint density at radius 2 is 1.88 bits per heavy atom. The third kappa shape index (κ3) is 3.52. The van der Waals surface area contributed by atoms with Crippen molar-refractivity contribution in [3.8, 4) is 5.75 Å². The molecule has 1 aliphatic rings. The van der Waals surface area contributed by atoms with E-state index < -0.39 is 24.0 Å². The van der Waals surface area contributed by atoms with Crippen molar-refractivity contribution in [3.63, 3.8) is 0 Å². The highest BCUT2D eigenvalue weighted by molar-refractivity contribution is 6.30. The summed E-state index contributed by atoms with van der Waals surface area (Å²) in [6.07, 6.45) is -1.99. The predicted molar refractivity (Wildman–Crippen MR) is 93.4 cm³/mol. The molecule has 1 aliphatic heterocycles. The number of likely N-dealkylation sites (tertiary alicyclic amines) is 1. The molecule has 0 saturated carbocycles. The Kier molecular flexibility index (Phi) is 5.16. The number of rotatable bonds is 5. The Bertz CT molecular complexity index is 798. The van der Waals surface area contributed by atoms with Crippen LogP contribution in [0.3, 0.4) is 0 Å². The second-order valence-corrected chi connectivity index (χ2v) is 6.69. The minimum absolute atomic E-state index is 0.0271. The predicted octanol–water partition coefficient (Wildman–Crippen LogP) is 3.30. The highest BCUT2D eigenvalue weighted by Gasteiger charge is 2.60. The fourth-order valence-electron chi connectivity index (χ4n) is 3.12. The number of hydrogen-bond acceptors (Lipinski definition) is 3. The van der Waals surface area contributed by atoms with Crippen LogP contribution in [0, 0.1) is 0 Å². The SMILES string of the molecule is COc1ccc(CN2C(=O)C(F)(F)C(O)[C@@H]2Cc2cccc(Cl)c2)cc1. The molecular weight excluding hydrogens is 364 g/mol. The lowest BCUT2D eigenvalue weighted by Crippen LogP contribution is -2.39. The maximum absolute atomic E-state index is 14.1. The maximum atomic E-state index is 14.1. The fourth-order valence-corrected chi connectivity index (χ4v) is 3.34. The number of alkyl halides is 2. The second kappa shape index (κ2) is 7.21. The van der Waals surface area contributed by atoms with Gasteiger partial charge in [-0.05, 0) is 41.8 Å². The highest BCUT2D eigenvalue weighted by atomic mass is 35.5. The molecule has 1 amide bonds. The monoisotopic (exact) mass is 381 g/mol. The summed E-state index contributed by atoms with van der Waals surface area (Å²) in [6.45, 7) is -0.0271. The average molecular weight is 382 g/mol. The van der Waals surface area contributed by atoms with Crippen LogP contribution in [0.15, 0.2) is 48.5 Å². The number of aliphatic hydroxyl groups excluding tert-OH is 1. The van der Waals surface area contributed by atoms with Crippen molar-refractivity contribution < 1.29 is 23.4 Å². The first-order chi connectivity index (χ1) is 12.3. The zero-order valence-electron chi connectivity index (χ0n) is 14.0. The standard InChI is InChI=1S/C19H18ClF2NO3/c1-26-15-7-5-12(6-8-15)11-23-16(17(24)19(21,22)18(23)25)10-13-3-2-4-14(20)9-13/h2-9,16-17,24H,10-11H2,1H3/t16-,17?/m0/s1. The normalized spacial score (nSPS) is 21.9. The molecule has 0 radical (unpaired) electrons. The van der Waals surface area contributed by atoms with Crippen LogP contribution in [0.5, 0.6) is 5.75 Å². The molecule has 2 atom stereocenters. The van der Waals surface area contributed by atoms with Gasteiger partial charge in [-0.3, -0.25) is 4.79 Å². The molecule has 2 aromatic carbocycles. The molecule has 3 rings (SSSR count). The van der Waals surface area contributed by atoms with Crippen LogP contribution >= 0.6 is 11.6 Å². The van der Waals surface area contributed by atoms with E-state index in [1.165, 1.54) is 7.11 Å². The molecule has 0 spiro atoms. The van der Waals surface area contributed by atoms with Crippen molar-refractivity contribution in [2.45, 2.75) is 31.0 Å². The number of hydrogen-bond donors (Lipinski definition) is 1. The van der Waals surface area contributed by atoms with Crippen LogP contribution < -0.4 is 4.74 Å². The summed E-state index contributed by atoms with van der Waals surface area (Å²) in [6, 6.07) is 12.5. The van der Waals surface area contributed by atoms with Gasteiger partial charge in [0.05, 0.1) is 13.2 Å². The van der Waals surface area contributed by atoms with E-state index in [0.29, 0.717) is 21.9 Å². The van der Waals surface area contributed by atoms with E-state index in [2.05, 4.69) is 0 Å². The summed E-state index contributed by atoms with van der Waals surface area (Å²) in [4.78, 5) is 13.2. The van der Waals surface area contributed by atoms with E-state index in [-0.39, 0.29) is 13.0 Å². The zero-order chi connectivity index (χ0) is 18.9. The van der Waals surface area contributed by atoms with Gasteiger partial charge in [-0.25, -0.2) is 0 Å². The Labute approximate surface area is 155 Å². The minimum atomic E-state index is -3.81. The number of nitrogens with zero attached hydrogens (tertiary/aromatic N) is 1. The number of amides is 1. The third-order valence-corrected chi connectivity index (χ3v) is 4.76. The van der Waals surface area contributed by atoms with Crippen LogP contribution in [0.4, 0.5) is 8.78 Å². The molecule has 0 bridgehead atoms. The summed E-state index contributed by atoms with van der Waals surface area (Å²) >= 11 is 5.94. The summed E-state index contributed by atoms with van der Waals surface area (Å²) in [5, 5.41) is 10.6. The lowest BCUT2D eigenvalue weighted by atomic mass is 10.0. The van der Waals surface area contributed by atoms with E-state index in [9.17, 15) is 18.7 Å². The van der Waals surface area contributed by atoms with Crippen LogP contribution in [-0.4, -0.2) is 41.1 Å². The number of methoxy groups -OCH3 is 1. The molecule has 1 heterocycles. The average Bonchev–Trinajstić information content (AvgIpc) is 2.77. The van der Waals surface area contributed by atoms with Gasteiger partial charge in [-0.15, -0.1) is 0 Å². The summed E-state index contributed by atoms with van der Waals surface area (Å²) in [7, 11) is 1.52. The fraction of sp³-hybridized carbons (Fsp3) is 0.316. The molecule has 1 N–H and O–H groups in total. The molecule has 2 aromatic rings. The number of carbonyl (C=O) groups excluding carboxylic acids is 1. The number of aliphatic hydroxyl groups is 1. The van der Waals surface area contributed by atoms with Gasteiger partial charge in [0.2, 0.25) is 0 Å². The van der Waals surface area contributed by atoms with Crippen molar-refractivity contribution in [1.29, 1.82) is 0 Å². The lowest BCUT2D eigenvalue weighted by molar-refractivity contribution is -0.155. The summed E-state index contributed by atoms with van der Waals surface area (Å²) in [5.74, 6) is -4.55. The number of carbonyl (C=O) groups is 1. The molecule has 0 aliphatic carbocycles. The van der Waals surface area contributed by atoms with E-state index in [1.807, 2.05) is 0 Å². The van der Waals surface area contributed by atoms with E-state index in [1.54, 1.807) is 48.5 Å². The summed E-state index contributed by atoms with van der Waals surface area (Å²) in [5.41, 5.74) is 1.34. The highest BCUT2D eigenvalue weighted by Crippen LogP contribution is 2.36. The van der Waals surface area contributed by atoms with Gasteiger partial charge in [0.15, 0.2) is 0 Å². The van der Waals surface area contributed by atoms with Gasteiger partial charge in [-0.2, -0.15) is 8.78 Å². The smallest absolute Gasteiger partial charge is 0.351 e. The lowest BCUT2D eigenvalue weighted by Gasteiger charge is -2.25. The first kappa shape index (κ1) is 18.6. The first-order valence-corrected chi connectivity index (χ1v) is 8.45. The molecule has 0 aromatic heterocycles.